The van der Waals surface area contributed by atoms with Gasteiger partial charge in [-0.25, -0.2) is 14.2 Å². The molecule has 7 nitrogen and oxygen atoms in total. The number of aliphatic hydroxyl groups is 1. The van der Waals surface area contributed by atoms with Gasteiger partial charge in [-0.3, -0.25) is 4.98 Å². The lowest BCUT2D eigenvalue weighted by atomic mass is 10.4. The van der Waals surface area contributed by atoms with E-state index in [1.165, 1.54) is 17.2 Å². The maximum atomic E-state index is 13.0. The number of amides is 2. The van der Waals surface area contributed by atoms with Crippen LogP contribution >= 0.6 is 0 Å². The Kier molecular flexibility index (Phi) is 4.83. The van der Waals surface area contributed by atoms with E-state index in [1.807, 2.05) is 7.05 Å². The van der Waals surface area contributed by atoms with Crippen LogP contribution in [0.3, 0.4) is 0 Å². The molecule has 0 aliphatic carbocycles. The molecule has 0 saturated heterocycles. The summed E-state index contributed by atoms with van der Waals surface area (Å²) in [6, 6.07) is 0.711. The fourth-order valence-corrected chi connectivity index (χ4v) is 1.78. The van der Waals surface area contributed by atoms with Gasteiger partial charge >= 0.3 is 6.03 Å². The van der Waals surface area contributed by atoms with Crippen LogP contribution in [0.1, 0.15) is 5.82 Å². The Labute approximate surface area is 121 Å². The van der Waals surface area contributed by atoms with Gasteiger partial charge in [0.05, 0.1) is 31.2 Å². The molecule has 0 aliphatic rings. The summed E-state index contributed by atoms with van der Waals surface area (Å²) in [5.41, 5.74) is 0.253. The maximum Gasteiger partial charge on any atom is 0.322 e. The summed E-state index contributed by atoms with van der Waals surface area (Å²) >= 11 is 0. The zero-order chi connectivity index (χ0) is 15.2. The molecule has 21 heavy (non-hydrogen) atoms. The Balaban J connectivity index is 2.07. The van der Waals surface area contributed by atoms with Crippen LogP contribution in [0, 0.1) is 5.82 Å². The molecule has 2 rings (SSSR count). The van der Waals surface area contributed by atoms with Gasteiger partial charge in [-0.1, -0.05) is 0 Å². The second kappa shape index (κ2) is 6.80. The number of imidazole rings is 1. The average Bonchev–Trinajstić information content (AvgIpc) is 2.84. The van der Waals surface area contributed by atoms with Crippen LogP contribution in [-0.2, 0) is 13.6 Å². The van der Waals surface area contributed by atoms with Crippen LogP contribution in [0.2, 0.25) is 0 Å². The molecule has 0 saturated carbocycles. The van der Waals surface area contributed by atoms with Crippen molar-refractivity contribution in [3.8, 4) is 0 Å². The first-order valence-electron chi connectivity index (χ1n) is 6.33. The summed E-state index contributed by atoms with van der Waals surface area (Å²) in [6.45, 7) is 0.194. The van der Waals surface area contributed by atoms with E-state index in [0.717, 1.165) is 6.20 Å². The number of urea groups is 1. The van der Waals surface area contributed by atoms with Crippen molar-refractivity contribution in [2.75, 3.05) is 18.5 Å². The third kappa shape index (κ3) is 3.99. The lowest BCUT2D eigenvalue weighted by molar-refractivity contribution is 0.183. The standard InChI is InChI=1S/C13H16FN5O2/c1-18-3-2-16-12(18)9-19(4-5-20)13(21)17-11-6-10(14)7-15-8-11/h2-3,6-8,20H,4-5,9H2,1H3,(H,17,21). The van der Waals surface area contributed by atoms with Gasteiger partial charge in [0.2, 0.25) is 0 Å². The highest BCUT2D eigenvalue weighted by molar-refractivity contribution is 5.89. The quantitative estimate of drug-likeness (QED) is 0.861. The zero-order valence-corrected chi connectivity index (χ0v) is 11.5. The van der Waals surface area contributed by atoms with E-state index in [-0.39, 0.29) is 25.4 Å². The molecule has 2 N–H and O–H groups in total. The van der Waals surface area contributed by atoms with Gasteiger partial charge in [0.25, 0.3) is 0 Å². The van der Waals surface area contributed by atoms with Gasteiger partial charge in [0.1, 0.15) is 11.6 Å². The smallest absolute Gasteiger partial charge is 0.322 e. The van der Waals surface area contributed by atoms with E-state index >= 15 is 0 Å². The monoisotopic (exact) mass is 293 g/mol. The minimum Gasteiger partial charge on any atom is -0.395 e. The van der Waals surface area contributed by atoms with Gasteiger partial charge in [-0.15, -0.1) is 0 Å². The number of nitrogens with one attached hydrogen (secondary N) is 1. The Morgan fingerprint density at radius 3 is 2.95 bits per heavy atom. The number of anilines is 1. The van der Waals surface area contributed by atoms with E-state index in [0.29, 0.717) is 5.82 Å². The van der Waals surface area contributed by atoms with E-state index in [4.69, 9.17) is 5.11 Å². The van der Waals surface area contributed by atoms with Crippen LogP contribution in [0.4, 0.5) is 14.9 Å². The Hall–Kier alpha value is -2.48. The van der Waals surface area contributed by atoms with E-state index in [2.05, 4.69) is 15.3 Å². The molecular formula is C13H16FN5O2. The van der Waals surface area contributed by atoms with Crippen molar-refractivity contribution in [1.29, 1.82) is 0 Å². The minimum absolute atomic E-state index is 0.140. The third-order valence-electron chi connectivity index (χ3n) is 2.87. The van der Waals surface area contributed by atoms with Crippen LogP contribution in [0.25, 0.3) is 0 Å². The molecule has 2 aromatic rings. The van der Waals surface area contributed by atoms with Gasteiger partial charge in [0.15, 0.2) is 0 Å². The third-order valence-corrected chi connectivity index (χ3v) is 2.87. The highest BCUT2D eigenvalue weighted by atomic mass is 19.1. The van der Waals surface area contributed by atoms with Gasteiger partial charge in [-0.2, -0.15) is 0 Å². The van der Waals surface area contributed by atoms with Crippen LogP contribution in [0.15, 0.2) is 30.9 Å². The molecular weight excluding hydrogens is 277 g/mol. The number of hydrogen-bond acceptors (Lipinski definition) is 4. The SMILES string of the molecule is Cn1ccnc1CN(CCO)C(=O)Nc1cncc(F)c1. The van der Waals surface area contributed by atoms with E-state index in [9.17, 15) is 9.18 Å². The fourth-order valence-electron chi connectivity index (χ4n) is 1.78. The topological polar surface area (TPSA) is 83.3 Å². The van der Waals surface area contributed by atoms with Crippen molar-refractivity contribution in [2.45, 2.75) is 6.54 Å². The number of rotatable bonds is 5. The number of aromatic nitrogens is 3. The number of halogens is 1. The van der Waals surface area contributed by atoms with Crippen molar-refractivity contribution >= 4 is 11.7 Å². The molecule has 0 unspecified atom stereocenters. The molecule has 2 aromatic heterocycles. The van der Waals surface area contributed by atoms with E-state index in [1.54, 1.807) is 17.0 Å². The normalized spacial score (nSPS) is 10.4. The predicted octanol–water partition coefficient (Wildman–Crippen LogP) is 0.981. The number of carbonyl (C=O) groups is 1. The molecule has 8 heteroatoms. The second-order valence-corrected chi connectivity index (χ2v) is 4.42. The van der Waals surface area contributed by atoms with Gasteiger partial charge < -0.3 is 19.9 Å². The maximum absolute atomic E-state index is 13.0. The lowest BCUT2D eigenvalue weighted by Gasteiger charge is -2.21. The summed E-state index contributed by atoms with van der Waals surface area (Å²) < 4.78 is 14.8. The van der Waals surface area contributed by atoms with Crippen molar-refractivity contribution in [3.05, 3.63) is 42.5 Å². The first-order valence-corrected chi connectivity index (χ1v) is 6.33. The first-order chi connectivity index (χ1) is 10.1. The summed E-state index contributed by atoms with van der Waals surface area (Å²) in [7, 11) is 1.81. The van der Waals surface area contributed by atoms with Crippen molar-refractivity contribution in [1.82, 2.24) is 19.4 Å². The summed E-state index contributed by atoms with van der Waals surface area (Å²) in [4.78, 5) is 21.3. The summed E-state index contributed by atoms with van der Waals surface area (Å²) in [6.07, 6.45) is 5.79. The lowest BCUT2D eigenvalue weighted by Crippen LogP contribution is -2.37. The van der Waals surface area contributed by atoms with Crippen molar-refractivity contribution in [3.63, 3.8) is 0 Å². The van der Waals surface area contributed by atoms with Crippen LogP contribution < -0.4 is 5.32 Å². The van der Waals surface area contributed by atoms with Crippen LogP contribution in [0.5, 0.6) is 0 Å². The average molecular weight is 293 g/mol. The number of nitrogens with zero attached hydrogens (tertiary/aromatic N) is 4. The molecule has 0 aliphatic heterocycles. The molecule has 0 radical (unpaired) electrons. The summed E-state index contributed by atoms with van der Waals surface area (Å²) in [5, 5.41) is 11.6. The minimum atomic E-state index is -0.536. The van der Waals surface area contributed by atoms with Gasteiger partial charge in [-0.05, 0) is 0 Å². The molecule has 0 bridgehead atoms. The molecule has 0 fully saturated rings. The van der Waals surface area contributed by atoms with Gasteiger partial charge in [0, 0.05) is 32.1 Å². The summed E-state index contributed by atoms with van der Waals surface area (Å²) in [5.74, 6) is 0.140. The molecule has 0 aromatic carbocycles. The Bertz CT molecular complexity index is 616. The van der Waals surface area contributed by atoms with Crippen molar-refractivity contribution < 1.29 is 14.3 Å². The number of aliphatic hydroxyl groups excluding tert-OH is 1. The molecule has 2 amide bonds. The Morgan fingerprint density at radius 1 is 1.52 bits per heavy atom. The number of hydrogen-bond donors (Lipinski definition) is 2. The second-order valence-electron chi connectivity index (χ2n) is 4.42. The Morgan fingerprint density at radius 2 is 2.33 bits per heavy atom. The fraction of sp³-hybridized carbons (Fsp3) is 0.308. The highest BCUT2D eigenvalue weighted by Gasteiger charge is 2.16. The number of carbonyl (C=O) groups excluding carboxylic acids is 1. The molecule has 112 valence electrons. The zero-order valence-electron chi connectivity index (χ0n) is 11.5. The van der Waals surface area contributed by atoms with Crippen LogP contribution in [-0.4, -0.2) is 43.7 Å². The first kappa shape index (κ1) is 14.9. The van der Waals surface area contributed by atoms with Crippen molar-refractivity contribution in [2.24, 2.45) is 7.05 Å². The van der Waals surface area contributed by atoms with E-state index < -0.39 is 11.8 Å². The largest absolute Gasteiger partial charge is 0.395 e. The number of pyridine rings is 1. The molecule has 0 spiro atoms. The molecule has 0 atom stereocenters. The highest BCUT2D eigenvalue weighted by Crippen LogP contribution is 2.09. The number of aryl methyl sites for hydroxylation is 1. The predicted molar refractivity (Wildman–Crippen MR) is 73.9 cm³/mol. The molecule has 2 heterocycles.